The van der Waals surface area contributed by atoms with Gasteiger partial charge in [-0.2, -0.15) is 0 Å². The van der Waals surface area contributed by atoms with Gasteiger partial charge >= 0.3 is 5.97 Å². The van der Waals surface area contributed by atoms with Crippen molar-refractivity contribution in [3.8, 4) is 0 Å². The van der Waals surface area contributed by atoms with E-state index >= 15 is 0 Å². The molecule has 31 heavy (non-hydrogen) atoms. The number of hydrogen-bond acceptors (Lipinski definition) is 4. The molecule has 1 aliphatic rings. The smallest absolute Gasteiger partial charge is 0.338 e. The number of ether oxygens (including phenoxy) is 1. The Kier molecular flexibility index (Phi) is 6.78. The standard InChI is InChI=1S/C25H30N2O4/c1-5-31-24(30)19-10-14-21(15-11-19)27(17-26-16-6-7-22(26)28)23(29)18-8-12-20(13-9-18)25(2,3)4/h8-15H,5-7,16-17H2,1-4H3. The van der Waals surface area contributed by atoms with Crippen LogP contribution in [0, 0.1) is 0 Å². The van der Waals surface area contributed by atoms with Gasteiger partial charge in [0, 0.05) is 24.2 Å². The topological polar surface area (TPSA) is 66.9 Å². The summed E-state index contributed by atoms with van der Waals surface area (Å²) in [6.45, 7) is 9.24. The molecular formula is C25H30N2O4. The second-order valence-electron chi connectivity index (χ2n) is 8.73. The summed E-state index contributed by atoms with van der Waals surface area (Å²) in [6.07, 6.45) is 1.30. The Morgan fingerprint density at radius 1 is 1.00 bits per heavy atom. The molecule has 6 heteroatoms. The third-order valence-electron chi connectivity index (χ3n) is 5.42. The number of anilines is 1. The fourth-order valence-corrected chi connectivity index (χ4v) is 3.55. The molecule has 2 aromatic carbocycles. The molecule has 2 amide bonds. The highest BCUT2D eigenvalue weighted by Gasteiger charge is 2.27. The predicted molar refractivity (Wildman–Crippen MR) is 120 cm³/mol. The Morgan fingerprint density at radius 2 is 1.61 bits per heavy atom. The molecule has 1 fully saturated rings. The molecular weight excluding hydrogens is 392 g/mol. The van der Waals surface area contributed by atoms with E-state index in [2.05, 4.69) is 20.8 Å². The fraction of sp³-hybridized carbons (Fsp3) is 0.400. The van der Waals surface area contributed by atoms with Crippen molar-refractivity contribution in [3.05, 3.63) is 65.2 Å². The number of benzene rings is 2. The molecule has 0 atom stereocenters. The molecule has 3 rings (SSSR count). The molecule has 6 nitrogen and oxygen atoms in total. The van der Waals surface area contributed by atoms with Crippen LogP contribution in [0.25, 0.3) is 0 Å². The number of carbonyl (C=O) groups excluding carboxylic acids is 3. The minimum Gasteiger partial charge on any atom is -0.462 e. The van der Waals surface area contributed by atoms with Crippen LogP contribution < -0.4 is 4.90 Å². The number of rotatable bonds is 6. The molecule has 0 spiro atoms. The van der Waals surface area contributed by atoms with Crippen molar-refractivity contribution in [1.29, 1.82) is 0 Å². The number of likely N-dealkylation sites (tertiary alicyclic amines) is 1. The quantitative estimate of drug-likeness (QED) is 0.648. The average Bonchev–Trinajstić information content (AvgIpc) is 3.16. The summed E-state index contributed by atoms with van der Waals surface area (Å²) in [5.41, 5.74) is 2.73. The van der Waals surface area contributed by atoms with Crippen molar-refractivity contribution < 1.29 is 19.1 Å². The van der Waals surface area contributed by atoms with Crippen LogP contribution in [0.5, 0.6) is 0 Å². The number of nitrogens with zero attached hydrogens (tertiary/aromatic N) is 2. The monoisotopic (exact) mass is 422 g/mol. The summed E-state index contributed by atoms with van der Waals surface area (Å²) >= 11 is 0. The minimum atomic E-state index is -0.403. The first-order valence-corrected chi connectivity index (χ1v) is 10.7. The van der Waals surface area contributed by atoms with E-state index in [9.17, 15) is 14.4 Å². The zero-order valence-electron chi connectivity index (χ0n) is 18.7. The van der Waals surface area contributed by atoms with Crippen molar-refractivity contribution in [3.63, 3.8) is 0 Å². The number of esters is 1. The molecule has 164 valence electrons. The highest BCUT2D eigenvalue weighted by molar-refractivity contribution is 6.06. The molecule has 0 radical (unpaired) electrons. The first-order valence-electron chi connectivity index (χ1n) is 10.7. The lowest BCUT2D eigenvalue weighted by molar-refractivity contribution is -0.127. The van der Waals surface area contributed by atoms with Crippen molar-refractivity contribution in [2.45, 2.75) is 46.0 Å². The highest BCUT2D eigenvalue weighted by atomic mass is 16.5. The maximum absolute atomic E-state index is 13.4. The molecule has 1 saturated heterocycles. The number of amides is 2. The largest absolute Gasteiger partial charge is 0.462 e. The van der Waals surface area contributed by atoms with Crippen LogP contribution in [0.2, 0.25) is 0 Å². The maximum atomic E-state index is 13.4. The van der Waals surface area contributed by atoms with Gasteiger partial charge in [-0.3, -0.25) is 14.5 Å². The van der Waals surface area contributed by atoms with Crippen LogP contribution >= 0.6 is 0 Å². The Morgan fingerprint density at radius 3 is 2.13 bits per heavy atom. The van der Waals surface area contributed by atoms with Crippen molar-refractivity contribution in [2.75, 3.05) is 24.7 Å². The van der Waals surface area contributed by atoms with E-state index in [-0.39, 0.29) is 23.9 Å². The van der Waals surface area contributed by atoms with Crippen LogP contribution in [-0.2, 0) is 14.9 Å². The van der Waals surface area contributed by atoms with Gasteiger partial charge in [0.1, 0.15) is 6.67 Å². The molecule has 2 aromatic rings. The number of carbonyl (C=O) groups is 3. The second-order valence-corrected chi connectivity index (χ2v) is 8.73. The van der Waals surface area contributed by atoms with Gasteiger partial charge in [-0.25, -0.2) is 4.79 Å². The van der Waals surface area contributed by atoms with E-state index in [1.165, 1.54) is 0 Å². The van der Waals surface area contributed by atoms with Crippen molar-refractivity contribution in [2.24, 2.45) is 0 Å². The van der Waals surface area contributed by atoms with Crippen LogP contribution in [0.4, 0.5) is 5.69 Å². The van der Waals surface area contributed by atoms with Crippen molar-refractivity contribution >= 4 is 23.5 Å². The van der Waals surface area contributed by atoms with E-state index in [1.807, 2.05) is 24.3 Å². The summed E-state index contributed by atoms with van der Waals surface area (Å²) < 4.78 is 5.03. The fourth-order valence-electron chi connectivity index (χ4n) is 3.55. The first-order chi connectivity index (χ1) is 14.7. The van der Waals surface area contributed by atoms with Gasteiger partial charge in [0.15, 0.2) is 0 Å². The summed E-state index contributed by atoms with van der Waals surface area (Å²) in [4.78, 5) is 40.9. The summed E-state index contributed by atoms with van der Waals surface area (Å²) in [5.74, 6) is -0.549. The number of hydrogen-bond donors (Lipinski definition) is 0. The lowest BCUT2D eigenvalue weighted by Crippen LogP contribution is -2.42. The first kappa shape index (κ1) is 22.5. The summed E-state index contributed by atoms with van der Waals surface area (Å²) in [5, 5.41) is 0. The molecule has 0 aliphatic carbocycles. The molecule has 1 heterocycles. The van der Waals surface area contributed by atoms with E-state index in [0.717, 1.165) is 12.0 Å². The average molecular weight is 423 g/mol. The van der Waals surface area contributed by atoms with E-state index in [4.69, 9.17) is 4.74 Å². The van der Waals surface area contributed by atoms with Gasteiger partial charge in [0.25, 0.3) is 5.91 Å². The van der Waals surface area contributed by atoms with Gasteiger partial charge in [-0.15, -0.1) is 0 Å². The van der Waals surface area contributed by atoms with Gasteiger partial charge < -0.3 is 9.64 Å². The minimum absolute atomic E-state index is 0.00777. The molecule has 0 N–H and O–H groups in total. The van der Waals surface area contributed by atoms with Gasteiger partial charge in [0.2, 0.25) is 5.91 Å². The van der Waals surface area contributed by atoms with Crippen LogP contribution in [0.3, 0.4) is 0 Å². The third kappa shape index (κ3) is 5.32. The van der Waals surface area contributed by atoms with Gasteiger partial charge in [-0.05, 0) is 60.7 Å². The molecule has 0 bridgehead atoms. The Hall–Kier alpha value is -3.15. The molecule has 0 saturated carbocycles. The molecule has 1 aliphatic heterocycles. The zero-order valence-corrected chi connectivity index (χ0v) is 18.7. The zero-order chi connectivity index (χ0) is 22.6. The lowest BCUT2D eigenvalue weighted by atomic mass is 9.86. The second kappa shape index (κ2) is 9.33. The Bertz CT molecular complexity index is 943. The van der Waals surface area contributed by atoms with Crippen molar-refractivity contribution in [1.82, 2.24) is 4.90 Å². The lowest BCUT2D eigenvalue weighted by Gasteiger charge is -2.28. The normalized spacial score (nSPS) is 13.9. The van der Waals surface area contributed by atoms with Crippen LogP contribution in [0.15, 0.2) is 48.5 Å². The van der Waals surface area contributed by atoms with E-state index < -0.39 is 5.97 Å². The van der Waals surface area contributed by atoms with Gasteiger partial charge in [-0.1, -0.05) is 32.9 Å². The highest BCUT2D eigenvalue weighted by Crippen LogP contribution is 2.25. The van der Waals surface area contributed by atoms with Gasteiger partial charge in [0.05, 0.1) is 12.2 Å². The van der Waals surface area contributed by atoms with E-state index in [1.54, 1.807) is 41.0 Å². The summed E-state index contributed by atoms with van der Waals surface area (Å²) in [7, 11) is 0. The van der Waals surface area contributed by atoms with Crippen LogP contribution in [0.1, 0.15) is 66.8 Å². The Labute approximate surface area is 183 Å². The predicted octanol–water partition coefficient (Wildman–Crippen LogP) is 4.39. The molecule has 0 aromatic heterocycles. The summed E-state index contributed by atoms with van der Waals surface area (Å²) in [6, 6.07) is 14.3. The van der Waals surface area contributed by atoms with E-state index in [0.29, 0.717) is 36.4 Å². The Balaban J connectivity index is 1.89. The molecule has 0 unspecified atom stereocenters. The SMILES string of the molecule is CCOC(=O)c1ccc(N(CN2CCCC2=O)C(=O)c2ccc(C(C)(C)C)cc2)cc1. The maximum Gasteiger partial charge on any atom is 0.338 e. The van der Waals surface area contributed by atoms with Crippen LogP contribution in [-0.4, -0.2) is 42.5 Å². The third-order valence-corrected chi connectivity index (χ3v) is 5.42.